The molecule has 3 aliphatic rings. The predicted molar refractivity (Wildman–Crippen MR) is 193 cm³/mol. The van der Waals surface area contributed by atoms with Gasteiger partial charge in [0, 0.05) is 37.3 Å². The van der Waals surface area contributed by atoms with Gasteiger partial charge in [-0.25, -0.2) is 0 Å². The first-order valence-corrected chi connectivity index (χ1v) is 20.4. The number of fused-ring (bicyclic) bond motifs is 2. The van der Waals surface area contributed by atoms with Crippen molar-refractivity contribution < 1.29 is 14.0 Å². The monoisotopic (exact) mass is 655 g/mol. The first-order chi connectivity index (χ1) is 22.3. The van der Waals surface area contributed by atoms with Crippen LogP contribution < -0.4 is 14.1 Å². The molecule has 0 N–H and O–H groups in total. The van der Waals surface area contributed by atoms with Crippen LogP contribution in [0.2, 0.25) is 18.1 Å². The van der Waals surface area contributed by atoms with Gasteiger partial charge in [0.1, 0.15) is 18.2 Å². The fourth-order valence-electron chi connectivity index (χ4n) is 7.26. The number of carbonyl (C=O) groups excluding carboxylic acids is 1. The van der Waals surface area contributed by atoms with Crippen LogP contribution in [0.1, 0.15) is 69.7 Å². The van der Waals surface area contributed by atoms with Gasteiger partial charge in [0.25, 0.3) is 0 Å². The highest BCUT2D eigenvalue weighted by molar-refractivity contribution is 6.74. The summed E-state index contributed by atoms with van der Waals surface area (Å²) in [4.78, 5) is 29.3. The van der Waals surface area contributed by atoms with E-state index in [1.807, 2.05) is 4.90 Å². The van der Waals surface area contributed by atoms with Crippen LogP contribution in [0.3, 0.4) is 0 Å². The standard InChI is InChI=1S/C38H53N5O3Si/c1-9-35(44)42-19-20-43(26(2)24-42)36-32-17-16-28(22-34(32)39-37(40-36)45-25-29-14-12-18-41(29)6)33-23-30(46-47(7,8)38(3,4)5)21-27-13-10-11-15-31(27)33/h9-11,13,15,21,23,26,28-29H,1,12,14,16-20,22,24-25H2,2-8H3/t26-,28?,29-/m0/s1. The van der Waals surface area contributed by atoms with Crippen molar-refractivity contribution in [3.05, 3.63) is 65.9 Å². The maximum absolute atomic E-state index is 12.4. The number of nitrogens with zero attached hydrogens (tertiary/aromatic N) is 5. The Morgan fingerprint density at radius 3 is 2.60 bits per heavy atom. The second kappa shape index (κ2) is 13.2. The average molecular weight is 656 g/mol. The Balaban J connectivity index is 1.35. The minimum absolute atomic E-state index is 0.0132. The molecule has 0 radical (unpaired) electrons. The molecule has 3 atom stereocenters. The van der Waals surface area contributed by atoms with Crippen LogP contribution in [0.15, 0.2) is 49.1 Å². The van der Waals surface area contributed by atoms with Crippen molar-refractivity contribution in [3.63, 3.8) is 0 Å². The zero-order valence-electron chi connectivity index (χ0n) is 29.5. The number of hydrogen-bond donors (Lipinski definition) is 0. The number of anilines is 1. The molecule has 0 bridgehead atoms. The molecule has 2 saturated heterocycles. The zero-order valence-corrected chi connectivity index (χ0v) is 30.5. The molecule has 1 amide bonds. The lowest BCUT2D eigenvalue weighted by Crippen LogP contribution is -2.54. The Labute approximate surface area is 282 Å². The minimum atomic E-state index is -2.02. The SMILES string of the molecule is C=CC(=O)N1CCN(c2nc(OC[C@@H]3CCCN3C)nc3c2CCC(c2cc(O[Si](C)(C)C(C)(C)C)cc4ccccc24)C3)[C@@H](C)C1. The van der Waals surface area contributed by atoms with E-state index in [2.05, 4.69) is 101 Å². The molecule has 252 valence electrons. The number of ether oxygens (including phenoxy) is 1. The molecule has 1 aromatic heterocycles. The number of piperazine rings is 1. The van der Waals surface area contributed by atoms with Crippen molar-refractivity contribution >= 4 is 30.8 Å². The molecule has 3 heterocycles. The van der Waals surface area contributed by atoms with E-state index in [1.54, 1.807) is 0 Å². The molecule has 0 spiro atoms. The Morgan fingerprint density at radius 1 is 1.11 bits per heavy atom. The quantitative estimate of drug-likeness (QED) is 0.192. The lowest BCUT2D eigenvalue weighted by molar-refractivity contribution is -0.126. The maximum Gasteiger partial charge on any atom is 0.318 e. The molecule has 3 aromatic rings. The third kappa shape index (κ3) is 6.93. The molecule has 1 aliphatic carbocycles. The van der Waals surface area contributed by atoms with E-state index < -0.39 is 8.32 Å². The smallest absolute Gasteiger partial charge is 0.318 e. The van der Waals surface area contributed by atoms with Gasteiger partial charge in [0.05, 0.1) is 5.69 Å². The molecular formula is C38H53N5O3Si. The number of benzene rings is 2. The van der Waals surface area contributed by atoms with Crippen molar-refractivity contribution in [3.8, 4) is 11.8 Å². The summed E-state index contributed by atoms with van der Waals surface area (Å²) in [5.41, 5.74) is 3.64. The van der Waals surface area contributed by atoms with Crippen molar-refractivity contribution in [2.75, 3.05) is 44.7 Å². The second-order valence-corrected chi connectivity index (χ2v) is 20.1. The molecule has 0 saturated carbocycles. The molecule has 47 heavy (non-hydrogen) atoms. The Hall–Kier alpha value is -3.43. The highest BCUT2D eigenvalue weighted by Gasteiger charge is 2.39. The van der Waals surface area contributed by atoms with E-state index in [1.165, 1.54) is 34.4 Å². The van der Waals surface area contributed by atoms with Crippen LogP contribution in [0, 0.1) is 0 Å². The molecule has 6 rings (SSSR count). The zero-order chi connectivity index (χ0) is 33.5. The van der Waals surface area contributed by atoms with Crippen LogP contribution in [-0.4, -0.2) is 85.9 Å². The van der Waals surface area contributed by atoms with Crippen molar-refractivity contribution in [1.82, 2.24) is 19.8 Å². The van der Waals surface area contributed by atoms with Crippen LogP contribution in [-0.2, 0) is 17.6 Å². The van der Waals surface area contributed by atoms with Crippen LogP contribution >= 0.6 is 0 Å². The van der Waals surface area contributed by atoms with E-state index in [9.17, 15) is 4.79 Å². The van der Waals surface area contributed by atoms with Gasteiger partial charge in [-0.15, -0.1) is 0 Å². The summed E-state index contributed by atoms with van der Waals surface area (Å²) in [5.74, 6) is 2.23. The highest BCUT2D eigenvalue weighted by Crippen LogP contribution is 2.43. The van der Waals surface area contributed by atoms with Crippen molar-refractivity contribution in [2.24, 2.45) is 0 Å². The lowest BCUT2D eigenvalue weighted by atomic mass is 9.80. The number of aromatic nitrogens is 2. The lowest BCUT2D eigenvalue weighted by Gasteiger charge is -2.41. The number of likely N-dealkylation sites (tertiary alicyclic amines) is 1. The summed E-state index contributed by atoms with van der Waals surface area (Å²) in [7, 11) is 0.150. The summed E-state index contributed by atoms with van der Waals surface area (Å²) < 4.78 is 13.3. The topological polar surface area (TPSA) is 71.0 Å². The van der Waals surface area contributed by atoms with Gasteiger partial charge in [-0.3, -0.25) is 4.79 Å². The van der Waals surface area contributed by atoms with E-state index in [0.29, 0.717) is 37.7 Å². The normalized spacial score (nSPS) is 22.3. The Kier molecular flexibility index (Phi) is 9.42. The fraction of sp³-hybridized carbons (Fsp3) is 0.553. The van der Waals surface area contributed by atoms with Gasteiger partial charge in [0.15, 0.2) is 0 Å². The molecule has 1 unspecified atom stereocenters. The van der Waals surface area contributed by atoms with Crippen LogP contribution in [0.25, 0.3) is 10.8 Å². The van der Waals surface area contributed by atoms with Crippen LogP contribution in [0.4, 0.5) is 5.82 Å². The fourth-order valence-corrected chi connectivity index (χ4v) is 8.27. The molecule has 2 aromatic carbocycles. The third-order valence-corrected chi connectivity index (χ3v) is 15.5. The van der Waals surface area contributed by atoms with Gasteiger partial charge in [-0.2, -0.15) is 9.97 Å². The first-order valence-electron chi connectivity index (χ1n) is 17.5. The molecule has 9 heteroatoms. The van der Waals surface area contributed by atoms with Gasteiger partial charge in [0.2, 0.25) is 14.2 Å². The van der Waals surface area contributed by atoms with Crippen molar-refractivity contribution in [1.29, 1.82) is 0 Å². The number of rotatable bonds is 8. The summed E-state index contributed by atoms with van der Waals surface area (Å²) in [5, 5.41) is 2.62. The second-order valence-electron chi connectivity index (χ2n) is 15.4. The predicted octanol–water partition coefficient (Wildman–Crippen LogP) is 6.98. The summed E-state index contributed by atoms with van der Waals surface area (Å²) in [6.07, 6.45) is 6.46. The van der Waals surface area contributed by atoms with E-state index in [4.69, 9.17) is 19.1 Å². The van der Waals surface area contributed by atoms with E-state index in [-0.39, 0.29) is 17.0 Å². The van der Waals surface area contributed by atoms with E-state index >= 15 is 0 Å². The first kappa shape index (κ1) is 33.5. The van der Waals surface area contributed by atoms with Gasteiger partial charge in [-0.1, -0.05) is 51.6 Å². The van der Waals surface area contributed by atoms with Crippen LogP contribution in [0.5, 0.6) is 11.8 Å². The number of carbonyl (C=O) groups is 1. The average Bonchev–Trinajstić information content (AvgIpc) is 3.45. The minimum Gasteiger partial charge on any atom is -0.543 e. The maximum atomic E-state index is 12.4. The number of amides is 1. The third-order valence-electron chi connectivity index (χ3n) is 11.2. The van der Waals surface area contributed by atoms with E-state index in [0.717, 1.165) is 56.0 Å². The molecule has 2 aliphatic heterocycles. The Morgan fingerprint density at radius 2 is 1.89 bits per heavy atom. The Bertz CT molecular complexity index is 1640. The molecule has 2 fully saturated rings. The summed E-state index contributed by atoms with van der Waals surface area (Å²) >= 11 is 0. The molecule has 8 nitrogen and oxygen atoms in total. The highest BCUT2D eigenvalue weighted by atomic mass is 28.4. The molecular weight excluding hydrogens is 603 g/mol. The number of hydrogen-bond acceptors (Lipinski definition) is 7. The van der Waals surface area contributed by atoms with Gasteiger partial charge >= 0.3 is 6.01 Å². The van der Waals surface area contributed by atoms with Crippen molar-refractivity contribution in [2.45, 2.75) is 95.9 Å². The van der Waals surface area contributed by atoms with Gasteiger partial charge in [-0.05, 0) is 111 Å². The largest absolute Gasteiger partial charge is 0.543 e. The number of likely N-dealkylation sites (N-methyl/N-ethyl adjacent to an activating group) is 1. The van der Waals surface area contributed by atoms with Gasteiger partial charge < -0.3 is 23.9 Å². The summed E-state index contributed by atoms with van der Waals surface area (Å²) in [6, 6.07) is 14.2. The summed E-state index contributed by atoms with van der Waals surface area (Å²) in [6.45, 7) is 21.1.